The molecule has 3 aromatic rings. The van der Waals surface area contributed by atoms with Crippen LogP contribution in [0.4, 0.5) is 10.1 Å². The molecule has 22 heavy (non-hydrogen) atoms. The third-order valence-electron chi connectivity index (χ3n) is 4.23. The predicted molar refractivity (Wildman–Crippen MR) is 85.7 cm³/mol. The second-order valence-corrected chi connectivity index (χ2v) is 5.57. The zero-order valence-corrected chi connectivity index (χ0v) is 11.9. The van der Waals surface area contributed by atoms with Crippen molar-refractivity contribution in [2.75, 3.05) is 5.32 Å². The van der Waals surface area contributed by atoms with Gasteiger partial charge in [0.25, 0.3) is 5.91 Å². The number of halogens is 1. The highest BCUT2D eigenvalue weighted by Gasteiger charge is 2.16. The molecule has 0 saturated heterocycles. The molecule has 3 heteroatoms. The van der Waals surface area contributed by atoms with E-state index in [0.29, 0.717) is 5.56 Å². The van der Waals surface area contributed by atoms with Crippen molar-refractivity contribution < 1.29 is 9.18 Å². The minimum absolute atomic E-state index is 0.223. The van der Waals surface area contributed by atoms with Crippen molar-refractivity contribution in [1.82, 2.24) is 0 Å². The van der Waals surface area contributed by atoms with E-state index in [1.165, 1.54) is 40.8 Å². The Morgan fingerprint density at radius 2 is 1.64 bits per heavy atom. The number of anilines is 1. The lowest BCUT2D eigenvalue weighted by atomic mass is 10.0. The van der Waals surface area contributed by atoms with E-state index < -0.39 is 0 Å². The van der Waals surface area contributed by atoms with Crippen LogP contribution in [-0.4, -0.2) is 5.91 Å². The normalized spacial score (nSPS) is 12.6. The van der Waals surface area contributed by atoms with E-state index >= 15 is 0 Å². The standard InChI is InChI=1S/C19H14FNO/c20-15-9-6-14(7-10-15)19(22)21-17-11-8-13-5-4-12-2-1-3-16(17)18(12)13/h1-3,6-11H,4-5H2,(H,21,22). The number of carbonyl (C=O) groups excluding carboxylic acids is 1. The van der Waals surface area contributed by atoms with E-state index in [9.17, 15) is 9.18 Å². The molecule has 0 spiro atoms. The summed E-state index contributed by atoms with van der Waals surface area (Å²) in [5, 5.41) is 5.28. The number of aryl methyl sites for hydroxylation is 2. The summed E-state index contributed by atoms with van der Waals surface area (Å²) in [5.41, 5.74) is 3.93. The lowest BCUT2D eigenvalue weighted by Crippen LogP contribution is -2.12. The minimum Gasteiger partial charge on any atom is -0.321 e. The molecule has 1 aliphatic carbocycles. The van der Waals surface area contributed by atoms with Crippen molar-refractivity contribution in [2.24, 2.45) is 0 Å². The number of amides is 1. The van der Waals surface area contributed by atoms with Crippen molar-refractivity contribution in [2.45, 2.75) is 12.8 Å². The maximum atomic E-state index is 12.9. The van der Waals surface area contributed by atoms with Crippen molar-refractivity contribution in [3.05, 3.63) is 77.1 Å². The molecule has 0 unspecified atom stereocenters. The van der Waals surface area contributed by atoms with Gasteiger partial charge >= 0.3 is 0 Å². The van der Waals surface area contributed by atoms with Gasteiger partial charge in [0.05, 0.1) is 0 Å². The number of hydrogen-bond donors (Lipinski definition) is 1. The molecule has 3 aromatic carbocycles. The second-order valence-electron chi connectivity index (χ2n) is 5.57. The van der Waals surface area contributed by atoms with Gasteiger partial charge in [-0.05, 0) is 59.7 Å². The maximum Gasteiger partial charge on any atom is 0.255 e. The second kappa shape index (κ2) is 4.95. The first-order valence-corrected chi connectivity index (χ1v) is 7.33. The van der Waals surface area contributed by atoms with Crippen molar-refractivity contribution in [3.8, 4) is 0 Å². The van der Waals surface area contributed by atoms with E-state index in [4.69, 9.17) is 0 Å². The van der Waals surface area contributed by atoms with Crippen LogP contribution < -0.4 is 5.32 Å². The lowest BCUT2D eigenvalue weighted by Gasteiger charge is -2.10. The van der Waals surface area contributed by atoms with E-state index in [-0.39, 0.29) is 11.7 Å². The van der Waals surface area contributed by atoms with Crippen LogP contribution in [0.25, 0.3) is 10.8 Å². The van der Waals surface area contributed by atoms with Gasteiger partial charge in [-0.2, -0.15) is 0 Å². The van der Waals surface area contributed by atoms with Gasteiger partial charge in [-0.25, -0.2) is 4.39 Å². The Morgan fingerprint density at radius 3 is 2.41 bits per heavy atom. The van der Waals surface area contributed by atoms with E-state index in [1.54, 1.807) is 0 Å². The summed E-state index contributed by atoms with van der Waals surface area (Å²) in [6.07, 6.45) is 2.12. The summed E-state index contributed by atoms with van der Waals surface area (Å²) in [6.45, 7) is 0. The lowest BCUT2D eigenvalue weighted by molar-refractivity contribution is 0.102. The highest BCUT2D eigenvalue weighted by Crippen LogP contribution is 2.35. The largest absolute Gasteiger partial charge is 0.321 e. The van der Waals surface area contributed by atoms with Crippen LogP contribution >= 0.6 is 0 Å². The molecular weight excluding hydrogens is 277 g/mol. The van der Waals surface area contributed by atoms with Crippen molar-refractivity contribution in [3.63, 3.8) is 0 Å². The molecule has 1 aliphatic rings. The van der Waals surface area contributed by atoms with Gasteiger partial charge in [-0.15, -0.1) is 0 Å². The molecule has 1 N–H and O–H groups in total. The SMILES string of the molecule is O=C(Nc1ccc2c3c(cccc13)CC2)c1ccc(F)cc1. The molecule has 1 amide bonds. The van der Waals surface area contributed by atoms with Gasteiger partial charge in [0.2, 0.25) is 0 Å². The Bertz CT molecular complexity index is 874. The van der Waals surface area contributed by atoms with Crippen LogP contribution in [0.2, 0.25) is 0 Å². The molecule has 0 aromatic heterocycles. The number of hydrogen-bond acceptors (Lipinski definition) is 1. The minimum atomic E-state index is -0.345. The molecule has 108 valence electrons. The van der Waals surface area contributed by atoms with Crippen LogP contribution in [0.1, 0.15) is 21.5 Å². The van der Waals surface area contributed by atoms with Gasteiger partial charge < -0.3 is 5.32 Å². The zero-order chi connectivity index (χ0) is 15.1. The van der Waals surface area contributed by atoms with Gasteiger partial charge in [0.15, 0.2) is 0 Å². The van der Waals surface area contributed by atoms with Gasteiger partial charge in [-0.3, -0.25) is 4.79 Å². The summed E-state index contributed by atoms with van der Waals surface area (Å²) in [5.74, 6) is -0.569. The van der Waals surface area contributed by atoms with Crippen LogP contribution in [0, 0.1) is 5.82 Å². The summed E-state index contributed by atoms with van der Waals surface area (Å²) in [4.78, 5) is 12.3. The Morgan fingerprint density at radius 1 is 0.909 bits per heavy atom. The molecule has 4 rings (SSSR count). The maximum absolute atomic E-state index is 12.9. The van der Waals surface area contributed by atoms with E-state index in [1.807, 2.05) is 18.2 Å². The fourth-order valence-electron chi connectivity index (χ4n) is 3.15. The molecule has 0 radical (unpaired) electrons. The Hall–Kier alpha value is -2.68. The average Bonchev–Trinajstić information content (AvgIpc) is 2.95. The molecule has 0 atom stereocenters. The highest BCUT2D eigenvalue weighted by molar-refractivity contribution is 6.10. The van der Waals surface area contributed by atoms with E-state index in [2.05, 4.69) is 17.4 Å². The van der Waals surface area contributed by atoms with Gasteiger partial charge in [0, 0.05) is 16.6 Å². The van der Waals surface area contributed by atoms with Crippen LogP contribution in [0.15, 0.2) is 54.6 Å². The third-order valence-corrected chi connectivity index (χ3v) is 4.23. The molecule has 0 bridgehead atoms. The number of benzene rings is 3. The predicted octanol–water partition coefficient (Wildman–Crippen LogP) is 4.33. The van der Waals surface area contributed by atoms with Crippen LogP contribution in [0.5, 0.6) is 0 Å². The summed E-state index contributed by atoms with van der Waals surface area (Å²) in [7, 11) is 0. The fourth-order valence-corrected chi connectivity index (χ4v) is 3.15. The molecule has 0 aliphatic heterocycles. The first-order valence-electron chi connectivity index (χ1n) is 7.33. The average molecular weight is 291 g/mol. The first kappa shape index (κ1) is 13.0. The first-order chi connectivity index (χ1) is 10.7. The number of rotatable bonds is 2. The molecule has 0 heterocycles. The third kappa shape index (κ3) is 2.06. The Labute approximate surface area is 127 Å². The van der Waals surface area contributed by atoms with Crippen LogP contribution in [0.3, 0.4) is 0 Å². The zero-order valence-electron chi connectivity index (χ0n) is 11.9. The summed E-state index contributed by atoms with van der Waals surface area (Å²) >= 11 is 0. The monoisotopic (exact) mass is 291 g/mol. The Balaban J connectivity index is 1.73. The smallest absolute Gasteiger partial charge is 0.255 e. The fraction of sp³-hybridized carbons (Fsp3) is 0.105. The summed E-state index contributed by atoms with van der Waals surface area (Å²) in [6, 6.07) is 15.8. The number of nitrogens with one attached hydrogen (secondary N) is 1. The van der Waals surface area contributed by atoms with Crippen LogP contribution in [-0.2, 0) is 12.8 Å². The Kier molecular flexibility index (Phi) is 2.93. The van der Waals surface area contributed by atoms with Crippen molar-refractivity contribution in [1.29, 1.82) is 0 Å². The van der Waals surface area contributed by atoms with Gasteiger partial charge in [0.1, 0.15) is 5.82 Å². The molecule has 0 saturated carbocycles. The molecular formula is C19H14FNO. The quantitative estimate of drug-likeness (QED) is 0.748. The topological polar surface area (TPSA) is 29.1 Å². The molecule has 0 fully saturated rings. The van der Waals surface area contributed by atoms with Gasteiger partial charge in [-0.1, -0.05) is 24.3 Å². The van der Waals surface area contributed by atoms with E-state index in [0.717, 1.165) is 23.9 Å². The number of carbonyl (C=O) groups is 1. The highest BCUT2D eigenvalue weighted by atomic mass is 19.1. The summed E-state index contributed by atoms with van der Waals surface area (Å²) < 4.78 is 12.9. The molecule has 2 nitrogen and oxygen atoms in total. The van der Waals surface area contributed by atoms with Crippen molar-refractivity contribution >= 4 is 22.4 Å².